The Morgan fingerprint density at radius 2 is 1.70 bits per heavy atom. The summed E-state index contributed by atoms with van der Waals surface area (Å²) in [5.74, 6) is 0.936. The summed E-state index contributed by atoms with van der Waals surface area (Å²) in [6.07, 6.45) is 3.43. The number of amides is 1. The molecule has 4 rings (SSSR count). The normalized spacial score (nSPS) is 17.9. The van der Waals surface area contributed by atoms with E-state index in [9.17, 15) is 4.79 Å². The number of hydrogen-bond donors (Lipinski definition) is 1. The van der Waals surface area contributed by atoms with Crippen molar-refractivity contribution in [3.63, 3.8) is 0 Å². The molecular formula is C27H36N2O4. The molecule has 1 aliphatic heterocycles. The van der Waals surface area contributed by atoms with E-state index >= 15 is 0 Å². The molecule has 1 amide bonds. The standard InChI is InChI=1S/C27H36N2O4/c1-20(2)22-6-4-21(5-7-22)18-29(24-8-10-25(31-3)11-9-24)19-26(30)28-23-12-14-27(15-13-23)32-16-17-33-27/h4-11,20,23H,12-19H2,1-3H3,(H,28,30). The zero-order chi connectivity index (χ0) is 23.3. The highest BCUT2D eigenvalue weighted by Crippen LogP contribution is 2.35. The van der Waals surface area contributed by atoms with E-state index in [1.807, 2.05) is 24.3 Å². The summed E-state index contributed by atoms with van der Waals surface area (Å²) in [5, 5.41) is 3.24. The van der Waals surface area contributed by atoms with Crippen LogP contribution in [0, 0.1) is 0 Å². The maximum Gasteiger partial charge on any atom is 0.239 e. The van der Waals surface area contributed by atoms with Gasteiger partial charge in [0.15, 0.2) is 5.79 Å². The van der Waals surface area contributed by atoms with Crippen molar-refractivity contribution < 1.29 is 19.0 Å². The smallest absolute Gasteiger partial charge is 0.239 e. The van der Waals surface area contributed by atoms with Gasteiger partial charge in [0.25, 0.3) is 0 Å². The number of anilines is 1. The van der Waals surface area contributed by atoms with E-state index < -0.39 is 5.79 Å². The van der Waals surface area contributed by atoms with Crippen LogP contribution < -0.4 is 15.0 Å². The highest BCUT2D eigenvalue weighted by molar-refractivity contribution is 5.81. The minimum atomic E-state index is -0.404. The Bertz CT molecular complexity index is 895. The monoisotopic (exact) mass is 452 g/mol. The van der Waals surface area contributed by atoms with Crippen LogP contribution >= 0.6 is 0 Å². The number of rotatable bonds is 8. The van der Waals surface area contributed by atoms with Gasteiger partial charge in [-0.1, -0.05) is 38.1 Å². The number of benzene rings is 2. The van der Waals surface area contributed by atoms with E-state index in [1.165, 1.54) is 11.1 Å². The fourth-order valence-corrected chi connectivity index (χ4v) is 4.69. The molecule has 0 radical (unpaired) electrons. The molecule has 0 unspecified atom stereocenters. The van der Waals surface area contributed by atoms with E-state index in [1.54, 1.807) is 7.11 Å². The first kappa shape index (κ1) is 23.6. The lowest BCUT2D eigenvalue weighted by molar-refractivity contribution is -0.180. The van der Waals surface area contributed by atoms with Crippen molar-refractivity contribution in [1.29, 1.82) is 0 Å². The molecule has 2 aromatic carbocycles. The number of ether oxygens (including phenoxy) is 3. The van der Waals surface area contributed by atoms with Gasteiger partial charge in [-0.2, -0.15) is 0 Å². The van der Waals surface area contributed by atoms with Crippen LogP contribution in [0.25, 0.3) is 0 Å². The van der Waals surface area contributed by atoms with Gasteiger partial charge in [-0.15, -0.1) is 0 Å². The first-order valence-corrected chi connectivity index (χ1v) is 12.0. The first-order valence-electron chi connectivity index (χ1n) is 12.0. The van der Waals surface area contributed by atoms with Crippen LogP contribution in [0.15, 0.2) is 48.5 Å². The molecule has 0 bridgehead atoms. The van der Waals surface area contributed by atoms with Crippen LogP contribution in [-0.2, 0) is 20.8 Å². The van der Waals surface area contributed by atoms with Crippen LogP contribution in [0.4, 0.5) is 5.69 Å². The Balaban J connectivity index is 1.40. The zero-order valence-corrected chi connectivity index (χ0v) is 20.0. The van der Waals surface area contributed by atoms with Crippen molar-refractivity contribution in [2.45, 2.75) is 63.8 Å². The molecule has 1 spiro atoms. The summed E-state index contributed by atoms with van der Waals surface area (Å²) in [6.45, 7) is 6.70. The molecule has 33 heavy (non-hydrogen) atoms. The predicted molar refractivity (Wildman–Crippen MR) is 130 cm³/mol. The Kier molecular flexibility index (Phi) is 7.56. The molecule has 1 saturated heterocycles. The first-order chi connectivity index (χ1) is 16.0. The second kappa shape index (κ2) is 10.6. The quantitative estimate of drug-likeness (QED) is 0.633. The molecule has 1 aliphatic carbocycles. The maximum absolute atomic E-state index is 13.0. The van der Waals surface area contributed by atoms with Crippen LogP contribution in [0.1, 0.15) is 56.6 Å². The van der Waals surface area contributed by atoms with Crippen molar-refractivity contribution in [3.8, 4) is 5.75 Å². The molecule has 2 fully saturated rings. The number of nitrogens with one attached hydrogen (secondary N) is 1. The minimum Gasteiger partial charge on any atom is -0.497 e. The van der Waals surface area contributed by atoms with Crippen LogP contribution in [-0.4, -0.2) is 44.6 Å². The molecular weight excluding hydrogens is 416 g/mol. The average molecular weight is 453 g/mol. The van der Waals surface area contributed by atoms with Gasteiger partial charge in [0.1, 0.15) is 5.75 Å². The second-order valence-electron chi connectivity index (χ2n) is 9.40. The second-order valence-corrected chi connectivity index (χ2v) is 9.40. The van der Waals surface area contributed by atoms with Gasteiger partial charge in [-0.25, -0.2) is 0 Å². The highest BCUT2D eigenvalue weighted by Gasteiger charge is 2.40. The largest absolute Gasteiger partial charge is 0.497 e. The Morgan fingerprint density at radius 3 is 2.27 bits per heavy atom. The van der Waals surface area contributed by atoms with Gasteiger partial charge in [0.05, 0.1) is 26.9 Å². The van der Waals surface area contributed by atoms with Gasteiger partial charge in [-0.3, -0.25) is 4.79 Å². The van der Waals surface area contributed by atoms with Crippen molar-refractivity contribution in [2.75, 3.05) is 31.8 Å². The molecule has 1 saturated carbocycles. The Morgan fingerprint density at radius 1 is 1.06 bits per heavy atom. The lowest BCUT2D eigenvalue weighted by Gasteiger charge is -2.36. The zero-order valence-electron chi connectivity index (χ0n) is 20.0. The van der Waals surface area contributed by atoms with Gasteiger partial charge in [0, 0.05) is 31.1 Å². The molecule has 2 aromatic rings. The fourth-order valence-electron chi connectivity index (χ4n) is 4.69. The molecule has 1 N–H and O–H groups in total. The maximum atomic E-state index is 13.0. The Hall–Kier alpha value is -2.57. The van der Waals surface area contributed by atoms with E-state index in [0.29, 0.717) is 32.2 Å². The Labute approximate surface area is 197 Å². The SMILES string of the molecule is COc1ccc(N(CC(=O)NC2CCC3(CC2)OCCO3)Cc2ccc(C(C)C)cc2)cc1. The van der Waals surface area contributed by atoms with Crippen molar-refractivity contribution >= 4 is 11.6 Å². The summed E-state index contributed by atoms with van der Waals surface area (Å²) in [7, 11) is 1.66. The van der Waals surface area contributed by atoms with E-state index in [0.717, 1.165) is 37.1 Å². The van der Waals surface area contributed by atoms with Crippen LogP contribution in [0.2, 0.25) is 0 Å². The summed E-state index contributed by atoms with van der Waals surface area (Å²) < 4.78 is 16.9. The summed E-state index contributed by atoms with van der Waals surface area (Å²) >= 11 is 0. The molecule has 0 aromatic heterocycles. The third-order valence-electron chi connectivity index (χ3n) is 6.72. The summed E-state index contributed by atoms with van der Waals surface area (Å²) in [6, 6.07) is 16.7. The number of carbonyl (C=O) groups excluding carboxylic acids is 1. The fraction of sp³-hybridized carbons (Fsp3) is 0.519. The predicted octanol–water partition coefficient (Wildman–Crippen LogP) is 4.63. The number of nitrogens with zero attached hydrogens (tertiary/aromatic N) is 1. The van der Waals surface area contributed by atoms with E-state index in [-0.39, 0.29) is 11.9 Å². The van der Waals surface area contributed by atoms with Gasteiger partial charge in [-0.05, 0) is 54.2 Å². The summed E-state index contributed by atoms with van der Waals surface area (Å²) in [5.41, 5.74) is 3.49. The topological polar surface area (TPSA) is 60.0 Å². The average Bonchev–Trinajstić information content (AvgIpc) is 3.29. The minimum absolute atomic E-state index is 0.0406. The van der Waals surface area contributed by atoms with Crippen molar-refractivity contribution in [1.82, 2.24) is 5.32 Å². The molecule has 6 heteroatoms. The summed E-state index contributed by atoms with van der Waals surface area (Å²) in [4.78, 5) is 15.1. The molecule has 178 valence electrons. The number of hydrogen-bond acceptors (Lipinski definition) is 5. The number of methoxy groups -OCH3 is 1. The van der Waals surface area contributed by atoms with E-state index in [4.69, 9.17) is 14.2 Å². The lowest BCUT2D eigenvalue weighted by Crippen LogP contribution is -2.46. The number of carbonyl (C=O) groups is 1. The van der Waals surface area contributed by atoms with Gasteiger partial charge >= 0.3 is 0 Å². The lowest BCUT2D eigenvalue weighted by atomic mass is 9.90. The molecule has 1 heterocycles. The highest BCUT2D eigenvalue weighted by atomic mass is 16.7. The van der Waals surface area contributed by atoms with Crippen molar-refractivity contribution in [2.24, 2.45) is 0 Å². The van der Waals surface area contributed by atoms with Crippen molar-refractivity contribution in [3.05, 3.63) is 59.7 Å². The molecule has 2 aliphatic rings. The molecule has 0 atom stereocenters. The van der Waals surface area contributed by atoms with E-state index in [2.05, 4.69) is 48.3 Å². The third kappa shape index (κ3) is 6.06. The third-order valence-corrected chi connectivity index (χ3v) is 6.72. The van der Waals surface area contributed by atoms with Crippen LogP contribution in [0.3, 0.4) is 0 Å². The molecule has 6 nitrogen and oxygen atoms in total. The van der Waals surface area contributed by atoms with Crippen LogP contribution in [0.5, 0.6) is 5.75 Å². The van der Waals surface area contributed by atoms with Gasteiger partial charge < -0.3 is 24.4 Å². The van der Waals surface area contributed by atoms with Gasteiger partial charge in [0.2, 0.25) is 5.91 Å².